The molecular formula is C14H13F2N3O. The van der Waals surface area contributed by atoms with E-state index in [0.717, 1.165) is 17.7 Å². The first-order valence-corrected chi connectivity index (χ1v) is 5.95. The number of carbonyl (C=O) groups is 1. The van der Waals surface area contributed by atoms with Gasteiger partial charge in [0.15, 0.2) is 5.82 Å². The number of nitrogens with one attached hydrogen (secondary N) is 1. The van der Waals surface area contributed by atoms with E-state index in [4.69, 9.17) is 5.73 Å². The highest BCUT2D eigenvalue weighted by Crippen LogP contribution is 2.20. The van der Waals surface area contributed by atoms with Crippen molar-refractivity contribution >= 4 is 11.6 Å². The predicted molar refractivity (Wildman–Crippen MR) is 70.9 cm³/mol. The average molecular weight is 277 g/mol. The summed E-state index contributed by atoms with van der Waals surface area (Å²) in [6.07, 6.45) is 3.16. The molecule has 20 heavy (non-hydrogen) atoms. The van der Waals surface area contributed by atoms with Gasteiger partial charge in [0.25, 0.3) is 5.91 Å². The molecule has 104 valence electrons. The van der Waals surface area contributed by atoms with Crippen molar-refractivity contribution in [1.82, 2.24) is 10.3 Å². The molecule has 1 aromatic heterocycles. The Bertz CT molecular complexity index is 632. The molecule has 1 aromatic carbocycles. The average Bonchev–Trinajstić information content (AvgIpc) is 2.44. The van der Waals surface area contributed by atoms with Gasteiger partial charge in [-0.15, -0.1) is 0 Å². The van der Waals surface area contributed by atoms with E-state index >= 15 is 0 Å². The van der Waals surface area contributed by atoms with Gasteiger partial charge in [-0.3, -0.25) is 9.78 Å². The zero-order valence-electron chi connectivity index (χ0n) is 10.7. The number of aromatic nitrogens is 1. The topological polar surface area (TPSA) is 68.0 Å². The van der Waals surface area contributed by atoms with Gasteiger partial charge < -0.3 is 11.1 Å². The van der Waals surface area contributed by atoms with Crippen LogP contribution in [0.1, 0.15) is 28.9 Å². The van der Waals surface area contributed by atoms with Crippen LogP contribution in [0.2, 0.25) is 0 Å². The maximum atomic E-state index is 13.7. The highest BCUT2D eigenvalue weighted by molar-refractivity contribution is 5.95. The Hall–Kier alpha value is -2.50. The minimum Gasteiger partial charge on any atom is -0.396 e. The van der Waals surface area contributed by atoms with Crippen molar-refractivity contribution < 1.29 is 13.6 Å². The molecule has 2 aromatic rings. The molecule has 0 saturated carbocycles. The Morgan fingerprint density at radius 2 is 2.10 bits per heavy atom. The summed E-state index contributed by atoms with van der Waals surface area (Å²) in [5.41, 5.74) is 5.11. The SMILES string of the molecule is CC(NC(=O)c1c(F)ccc(N)c1F)c1cccnc1. The summed E-state index contributed by atoms with van der Waals surface area (Å²) in [7, 11) is 0. The molecule has 0 bridgehead atoms. The Balaban J connectivity index is 2.23. The normalized spacial score (nSPS) is 11.9. The van der Waals surface area contributed by atoms with Gasteiger partial charge in [0.05, 0.1) is 11.7 Å². The van der Waals surface area contributed by atoms with E-state index in [-0.39, 0.29) is 5.69 Å². The molecule has 0 fully saturated rings. The zero-order chi connectivity index (χ0) is 14.7. The predicted octanol–water partition coefficient (Wildman–Crippen LogP) is 2.43. The molecule has 0 aliphatic rings. The number of amides is 1. The maximum absolute atomic E-state index is 13.7. The molecule has 1 atom stereocenters. The second kappa shape index (κ2) is 5.64. The molecule has 0 radical (unpaired) electrons. The van der Waals surface area contributed by atoms with Crippen LogP contribution in [-0.2, 0) is 0 Å². The first kappa shape index (κ1) is 13.9. The van der Waals surface area contributed by atoms with Crippen LogP contribution in [-0.4, -0.2) is 10.9 Å². The van der Waals surface area contributed by atoms with Gasteiger partial charge in [0, 0.05) is 12.4 Å². The van der Waals surface area contributed by atoms with Crippen LogP contribution in [0.5, 0.6) is 0 Å². The third-order valence-electron chi connectivity index (χ3n) is 2.88. The van der Waals surface area contributed by atoms with Crippen molar-refractivity contribution in [2.24, 2.45) is 0 Å². The number of anilines is 1. The molecule has 0 spiro atoms. The lowest BCUT2D eigenvalue weighted by atomic mass is 10.1. The molecule has 0 aliphatic carbocycles. The number of nitrogen functional groups attached to an aromatic ring is 1. The molecule has 2 rings (SSSR count). The molecule has 1 unspecified atom stereocenters. The summed E-state index contributed by atoms with van der Waals surface area (Å²) in [5, 5.41) is 2.51. The van der Waals surface area contributed by atoms with Crippen molar-refractivity contribution in [2.75, 3.05) is 5.73 Å². The van der Waals surface area contributed by atoms with Gasteiger partial charge in [0.1, 0.15) is 11.4 Å². The number of pyridine rings is 1. The van der Waals surface area contributed by atoms with Crippen LogP contribution in [0, 0.1) is 11.6 Å². The Labute approximate surface area is 114 Å². The molecule has 0 saturated heterocycles. The van der Waals surface area contributed by atoms with Crippen LogP contribution >= 0.6 is 0 Å². The lowest BCUT2D eigenvalue weighted by Crippen LogP contribution is -2.28. The lowest BCUT2D eigenvalue weighted by Gasteiger charge is -2.15. The van der Waals surface area contributed by atoms with Gasteiger partial charge in [-0.25, -0.2) is 8.78 Å². The van der Waals surface area contributed by atoms with Crippen LogP contribution in [0.4, 0.5) is 14.5 Å². The van der Waals surface area contributed by atoms with Crippen molar-refractivity contribution in [3.05, 3.63) is 59.4 Å². The monoisotopic (exact) mass is 277 g/mol. The number of benzene rings is 1. The van der Waals surface area contributed by atoms with Crippen LogP contribution in [0.15, 0.2) is 36.7 Å². The standard InChI is InChI=1S/C14H13F2N3O/c1-8(9-3-2-6-18-7-9)19-14(20)12-10(15)4-5-11(17)13(12)16/h2-8H,17H2,1H3,(H,19,20). The van der Waals surface area contributed by atoms with Crippen molar-refractivity contribution in [3.63, 3.8) is 0 Å². The van der Waals surface area contributed by atoms with Crippen molar-refractivity contribution in [1.29, 1.82) is 0 Å². The second-order valence-corrected chi connectivity index (χ2v) is 4.31. The molecular weight excluding hydrogens is 264 g/mol. The summed E-state index contributed by atoms with van der Waals surface area (Å²) in [5.74, 6) is -2.86. The number of rotatable bonds is 3. The fourth-order valence-corrected chi connectivity index (χ4v) is 1.76. The first-order chi connectivity index (χ1) is 9.50. The van der Waals surface area contributed by atoms with Gasteiger partial charge in [-0.1, -0.05) is 6.07 Å². The fraction of sp³-hybridized carbons (Fsp3) is 0.143. The second-order valence-electron chi connectivity index (χ2n) is 4.31. The van der Waals surface area contributed by atoms with E-state index in [1.165, 1.54) is 0 Å². The highest BCUT2D eigenvalue weighted by atomic mass is 19.1. The fourth-order valence-electron chi connectivity index (χ4n) is 1.76. The van der Waals surface area contributed by atoms with Gasteiger partial charge >= 0.3 is 0 Å². The Morgan fingerprint density at radius 1 is 1.35 bits per heavy atom. The third-order valence-corrected chi connectivity index (χ3v) is 2.88. The summed E-state index contributed by atoms with van der Waals surface area (Å²) < 4.78 is 27.3. The summed E-state index contributed by atoms with van der Waals surface area (Å²) in [6.45, 7) is 1.69. The third kappa shape index (κ3) is 2.74. The lowest BCUT2D eigenvalue weighted by molar-refractivity contribution is 0.0931. The van der Waals surface area contributed by atoms with Crippen LogP contribution in [0.3, 0.4) is 0 Å². The van der Waals surface area contributed by atoms with E-state index in [1.807, 2.05) is 0 Å². The van der Waals surface area contributed by atoms with Gasteiger partial charge in [-0.2, -0.15) is 0 Å². The minimum atomic E-state index is -1.05. The number of hydrogen-bond donors (Lipinski definition) is 2. The smallest absolute Gasteiger partial charge is 0.257 e. The summed E-state index contributed by atoms with van der Waals surface area (Å²) >= 11 is 0. The van der Waals surface area contributed by atoms with E-state index in [1.54, 1.807) is 31.5 Å². The van der Waals surface area contributed by atoms with Gasteiger partial charge in [0.2, 0.25) is 0 Å². The first-order valence-electron chi connectivity index (χ1n) is 5.95. The molecule has 1 heterocycles. The maximum Gasteiger partial charge on any atom is 0.257 e. The van der Waals surface area contributed by atoms with Crippen LogP contribution in [0.25, 0.3) is 0 Å². The number of carbonyl (C=O) groups excluding carboxylic acids is 1. The summed E-state index contributed by atoms with van der Waals surface area (Å²) in [4.78, 5) is 15.9. The quantitative estimate of drug-likeness (QED) is 0.847. The number of hydrogen-bond acceptors (Lipinski definition) is 3. The van der Waals surface area contributed by atoms with E-state index in [0.29, 0.717) is 0 Å². The molecule has 4 nitrogen and oxygen atoms in total. The van der Waals surface area contributed by atoms with Gasteiger partial charge in [-0.05, 0) is 30.7 Å². The number of nitrogens with zero attached hydrogens (tertiary/aromatic N) is 1. The largest absolute Gasteiger partial charge is 0.396 e. The molecule has 0 aliphatic heterocycles. The van der Waals surface area contributed by atoms with E-state index < -0.39 is 29.1 Å². The van der Waals surface area contributed by atoms with Crippen LogP contribution < -0.4 is 11.1 Å². The number of nitrogens with two attached hydrogens (primary N) is 1. The van der Waals surface area contributed by atoms with Crippen molar-refractivity contribution in [3.8, 4) is 0 Å². The molecule has 3 N–H and O–H groups in total. The van der Waals surface area contributed by atoms with E-state index in [9.17, 15) is 13.6 Å². The summed E-state index contributed by atoms with van der Waals surface area (Å²) in [6, 6.07) is 5.06. The Kier molecular flexibility index (Phi) is 3.93. The van der Waals surface area contributed by atoms with Crippen molar-refractivity contribution in [2.45, 2.75) is 13.0 Å². The minimum absolute atomic E-state index is 0.273. The molecule has 1 amide bonds. The number of halogens is 2. The van der Waals surface area contributed by atoms with E-state index in [2.05, 4.69) is 10.3 Å². The zero-order valence-corrected chi connectivity index (χ0v) is 10.7. The Morgan fingerprint density at radius 3 is 2.75 bits per heavy atom. The molecule has 6 heteroatoms. The highest BCUT2D eigenvalue weighted by Gasteiger charge is 2.21.